The molecule has 0 aromatic heterocycles. The molecule has 3 rings (SSSR count). The smallest absolute Gasteiger partial charge is 0.340 e. The van der Waals surface area contributed by atoms with Gasteiger partial charge in [-0.2, -0.15) is 0 Å². The molecule has 43 heavy (non-hydrogen) atoms. The number of carbonyl (C=O) groups excluding carboxylic acids is 2. The Morgan fingerprint density at radius 3 is 1.58 bits per heavy atom. The predicted molar refractivity (Wildman–Crippen MR) is 173 cm³/mol. The zero-order valence-corrected chi connectivity index (χ0v) is 28.2. The molecule has 4 nitrogen and oxygen atoms in total. The minimum Gasteiger partial charge on any atom is -0.460 e. The van der Waals surface area contributed by atoms with Crippen molar-refractivity contribution in [1.82, 2.24) is 0 Å². The summed E-state index contributed by atoms with van der Waals surface area (Å²) in [5, 5.41) is 0. The van der Waals surface area contributed by atoms with Crippen LogP contribution in [0.2, 0.25) is 0 Å². The Hall–Kier alpha value is -1.50. The van der Waals surface area contributed by atoms with Gasteiger partial charge in [0, 0.05) is 4.47 Å². The van der Waals surface area contributed by atoms with Crippen LogP contribution in [0.1, 0.15) is 165 Å². The van der Waals surface area contributed by atoms with E-state index in [4.69, 9.17) is 9.47 Å². The van der Waals surface area contributed by atoms with Crippen LogP contribution >= 0.6 is 15.9 Å². The van der Waals surface area contributed by atoms with E-state index >= 15 is 0 Å². The Labute approximate surface area is 267 Å². The molecule has 2 aliphatic carbocycles. The summed E-state index contributed by atoms with van der Waals surface area (Å²) in [6.45, 7) is 4.30. The molecule has 1 aromatic rings. The molecular weight excluding hydrogens is 614 g/mol. The van der Waals surface area contributed by atoms with E-state index in [2.05, 4.69) is 48.0 Å². The molecule has 244 valence electrons. The van der Waals surface area contributed by atoms with Crippen LogP contribution in [0, 0.1) is 0 Å². The number of ether oxygens (including phenoxy) is 2. The lowest BCUT2D eigenvalue weighted by molar-refractivity contribution is -0.157. The first-order valence-corrected chi connectivity index (χ1v) is 18.1. The average molecular weight is 670 g/mol. The van der Waals surface area contributed by atoms with E-state index in [1.54, 1.807) is 0 Å². The number of hydrogen-bond donors (Lipinski definition) is 0. The molecule has 0 amide bonds. The highest BCUT2D eigenvalue weighted by Gasteiger charge is 2.30. The van der Waals surface area contributed by atoms with E-state index in [0.29, 0.717) is 11.8 Å². The maximum Gasteiger partial charge on any atom is 0.340 e. The number of rotatable bonds is 18. The van der Waals surface area contributed by atoms with Crippen molar-refractivity contribution in [3.63, 3.8) is 0 Å². The molecule has 2 atom stereocenters. The van der Waals surface area contributed by atoms with Crippen LogP contribution < -0.4 is 0 Å². The van der Waals surface area contributed by atoms with E-state index in [1.807, 2.05) is 0 Å². The fourth-order valence-electron chi connectivity index (χ4n) is 6.70. The SMILES string of the molecule is CCCCCCC[C@H](F)C(=O)OC1CCC(c2ccc(C3CCC(OC(=O)[C@@H](F)CCCCCCC)CC3)c(Br)c2)CC1. The number of carbonyl (C=O) groups is 2. The summed E-state index contributed by atoms with van der Waals surface area (Å²) in [6.07, 6.45) is 14.1. The number of esters is 2. The summed E-state index contributed by atoms with van der Waals surface area (Å²) in [6, 6.07) is 6.66. The van der Waals surface area contributed by atoms with Gasteiger partial charge >= 0.3 is 11.9 Å². The fraction of sp³-hybridized carbons (Fsp3) is 0.778. The van der Waals surface area contributed by atoms with Crippen LogP contribution in [0.4, 0.5) is 8.78 Å². The molecular formula is C36H55BrF2O4. The Balaban J connectivity index is 1.37. The number of alkyl halides is 2. The van der Waals surface area contributed by atoms with Gasteiger partial charge in [0.05, 0.1) is 0 Å². The Morgan fingerprint density at radius 1 is 0.698 bits per heavy atom. The van der Waals surface area contributed by atoms with Gasteiger partial charge in [-0.15, -0.1) is 0 Å². The summed E-state index contributed by atoms with van der Waals surface area (Å²) in [5.74, 6) is -0.585. The highest BCUT2D eigenvalue weighted by molar-refractivity contribution is 9.10. The van der Waals surface area contributed by atoms with Gasteiger partial charge in [0.15, 0.2) is 12.3 Å². The van der Waals surface area contributed by atoms with Crippen molar-refractivity contribution in [3.8, 4) is 0 Å². The largest absolute Gasteiger partial charge is 0.460 e. The van der Waals surface area contributed by atoms with Gasteiger partial charge in [0.2, 0.25) is 0 Å². The highest BCUT2D eigenvalue weighted by Crippen LogP contribution is 2.41. The second-order valence-corrected chi connectivity index (χ2v) is 13.8. The second-order valence-electron chi connectivity index (χ2n) is 12.9. The van der Waals surface area contributed by atoms with Gasteiger partial charge in [-0.1, -0.05) is 93.3 Å². The maximum atomic E-state index is 14.3. The highest BCUT2D eigenvalue weighted by atomic mass is 79.9. The standard InChI is InChI=1S/C36H55BrF2O4/c1-3-5-7-9-11-13-33(38)35(40)42-29-20-15-26(16-21-29)28-19-24-31(32(37)25-28)27-17-22-30(23-18-27)43-36(41)34(39)14-12-10-8-6-4-2/h19,24-27,29-30,33-34H,3-18,20-23H2,1-2H3/t26?,27?,29?,30?,33-,34-/m0/s1. The molecule has 0 radical (unpaired) electrons. The Bertz CT molecular complexity index is 957. The van der Waals surface area contributed by atoms with E-state index in [-0.39, 0.29) is 25.0 Å². The topological polar surface area (TPSA) is 52.6 Å². The minimum atomic E-state index is -1.51. The van der Waals surface area contributed by atoms with Gasteiger partial charge in [-0.25, -0.2) is 18.4 Å². The van der Waals surface area contributed by atoms with Crippen LogP contribution in [0.3, 0.4) is 0 Å². The molecule has 0 unspecified atom stereocenters. The first-order chi connectivity index (χ1) is 20.8. The van der Waals surface area contributed by atoms with Crippen molar-refractivity contribution < 1.29 is 27.8 Å². The average Bonchev–Trinajstić information content (AvgIpc) is 3.01. The third-order valence-electron chi connectivity index (χ3n) is 9.48. The van der Waals surface area contributed by atoms with Crippen molar-refractivity contribution in [2.45, 2.75) is 179 Å². The lowest BCUT2D eigenvalue weighted by Crippen LogP contribution is -2.28. The van der Waals surface area contributed by atoms with Crippen molar-refractivity contribution >= 4 is 27.9 Å². The lowest BCUT2D eigenvalue weighted by atomic mass is 9.80. The fourth-order valence-corrected chi connectivity index (χ4v) is 7.42. The molecule has 0 spiro atoms. The van der Waals surface area contributed by atoms with E-state index < -0.39 is 24.3 Å². The number of benzene rings is 1. The van der Waals surface area contributed by atoms with Gasteiger partial charge in [0.1, 0.15) is 12.2 Å². The van der Waals surface area contributed by atoms with E-state index in [1.165, 1.54) is 11.1 Å². The van der Waals surface area contributed by atoms with E-state index in [9.17, 15) is 18.4 Å². The third kappa shape index (κ3) is 12.4. The third-order valence-corrected chi connectivity index (χ3v) is 10.2. The van der Waals surface area contributed by atoms with Gasteiger partial charge < -0.3 is 9.47 Å². The number of unbranched alkanes of at least 4 members (excludes halogenated alkanes) is 8. The maximum absolute atomic E-state index is 14.3. The zero-order chi connectivity index (χ0) is 31.0. The van der Waals surface area contributed by atoms with Crippen molar-refractivity contribution in [2.75, 3.05) is 0 Å². The van der Waals surface area contributed by atoms with Crippen LogP contribution in [-0.4, -0.2) is 36.5 Å². The van der Waals surface area contributed by atoms with Crippen molar-refractivity contribution in [1.29, 1.82) is 0 Å². The molecule has 0 saturated heterocycles. The van der Waals surface area contributed by atoms with Crippen LogP contribution in [-0.2, 0) is 19.1 Å². The normalized spacial score (nSPS) is 23.8. The number of hydrogen-bond acceptors (Lipinski definition) is 4. The summed E-state index contributed by atoms with van der Waals surface area (Å²) in [7, 11) is 0. The molecule has 1 aromatic carbocycles. The molecule has 7 heteroatoms. The van der Waals surface area contributed by atoms with Crippen LogP contribution in [0.5, 0.6) is 0 Å². The molecule has 2 saturated carbocycles. The molecule has 0 N–H and O–H groups in total. The second kappa shape index (κ2) is 19.8. The van der Waals surface area contributed by atoms with Gasteiger partial charge in [0.25, 0.3) is 0 Å². The minimum absolute atomic E-state index is 0.187. The summed E-state index contributed by atoms with van der Waals surface area (Å²) in [5.41, 5.74) is 2.55. The van der Waals surface area contributed by atoms with Gasteiger partial charge in [-0.3, -0.25) is 0 Å². The molecule has 2 aliphatic rings. The van der Waals surface area contributed by atoms with Crippen molar-refractivity contribution in [2.24, 2.45) is 0 Å². The molecule has 2 fully saturated rings. The predicted octanol–water partition coefficient (Wildman–Crippen LogP) is 11.0. The van der Waals surface area contributed by atoms with Crippen LogP contribution in [0.15, 0.2) is 22.7 Å². The first-order valence-electron chi connectivity index (χ1n) is 17.3. The summed E-state index contributed by atoms with van der Waals surface area (Å²) in [4.78, 5) is 24.5. The quantitative estimate of drug-likeness (QED) is 0.115. The summed E-state index contributed by atoms with van der Waals surface area (Å²) < 4.78 is 40.8. The van der Waals surface area contributed by atoms with E-state index in [0.717, 1.165) is 120 Å². The molecule has 0 aliphatic heterocycles. The molecule has 0 heterocycles. The first kappa shape index (κ1) is 36.0. The number of halogens is 3. The van der Waals surface area contributed by atoms with Gasteiger partial charge in [-0.05, 0) is 106 Å². The zero-order valence-electron chi connectivity index (χ0n) is 26.6. The van der Waals surface area contributed by atoms with Crippen LogP contribution in [0.25, 0.3) is 0 Å². The lowest BCUT2D eigenvalue weighted by Gasteiger charge is -2.31. The summed E-state index contributed by atoms with van der Waals surface area (Å²) >= 11 is 3.81. The Kier molecular flexibility index (Phi) is 16.6. The Morgan fingerprint density at radius 2 is 1.14 bits per heavy atom. The van der Waals surface area contributed by atoms with Crippen molar-refractivity contribution in [3.05, 3.63) is 33.8 Å². The molecule has 0 bridgehead atoms. The monoisotopic (exact) mass is 668 g/mol.